The molecule has 0 aliphatic rings. The molecule has 3 aromatic rings. The number of aryl methyl sites for hydroxylation is 1. The lowest BCUT2D eigenvalue weighted by molar-refractivity contribution is 0.0515. The van der Waals surface area contributed by atoms with E-state index in [4.69, 9.17) is 38.3 Å². The van der Waals surface area contributed by atoms with Gasteiger partial charge in [-0.05, 0) is 47.1 Å². The van der Waals surface area contributed by atoms with Crippen LogP contribution in [0.3, 0.4) is 0 Å². The first-order valence-electron chi connectivity index (χ1n) is 7.46. The van der Waals surface area contributed by atoms with Gasteiger partial charge in [0.2, 0.25) is 0 Å². The smallest absolute Gasteiger partial charge is 0.371 e. The molecule has 2 aromatic heterocycles. The summed E-state index contributed by atoms with van der Waals surface area (Å²) in [5.41, 5.74) is 6.71. The summed E-state index contributed by atoms with van der Waals surface area (Å²) in [6, 6.07) is 8.27. The van der Waals surface area contributed by atoms with Gasteiger partial charge in [0.05, 0.1) is 10.0 Å². The number of carbonyl (C=O) groups excluding carboxylic acids is 1. The van der Waals surface area contributed by atoms with Crippen LogP contribution in [0.4, 0.5) is 0 Å². The highest BCUT2D eigenvalue weighted by atomic mass is 79.9. The van der Waals surface area contributed by atoms with E-state index in [9.17, 15) is 4.79 Å². The molecule has 0 radical (unpaired) electrons. The number of oxime groups is 1. The second kappa shape index (κ2) is 8.08. The Kier molecular flexibility index (Phi) is 5.79. The van der Waals surface area contributed by atoms with Crippen molar-refractivity contribution in [1.82, 2.24) is 10.1 Å². The van der Waals surface area contributed by atoms with Gasteiger partial charge in [-0.15, -0.1) is 0 Å². The summed E-state index contributed by atoms with van der Waals surface area (Å²) in [6.07, 6.45) is 1.54. The average Bonchev–Trinajstić information content (AvgIpc) is 3.01. The number of hydrogen-bond acceptors (Lipinski definition) is 6. The van der Waals surface area contributed by atoms with Crippen LogP contribution in [0.25, 0.3) is 11.3 Å². The molecule has 10 heteroatoms. The van der Waals surface area contributed by atoms with Gasteiger partial charge in [0, 0.05) is 16.2 Å². The SMILES string of the molecule is Cc1onc(-c2c(Cl)cccc2Cl)c1C(=O)O/N=C(\N)c1ccc(Br)cn1. The van der Waals surface area contributed by atoms with Gasteiger partial charge < -0.3 is 15.1 Å². The molecule has 0 spiro atoms. The number of rotatable bonds is 4. The van der Waals surface area contributed by atoms with E-state index in [-0.39, 0.29) is 22.9 Å². The predicted octanol–water partition coefficient (Wildman–Crippen LogP) is 4.59. The summed E-state index contributed by atoms with van der Waals surface area (Å²) in [5, 5.41) is 8.14. The molecular formula is C17H11BrCl2N4O3. The Hall–Kier alpha value is -2.42. The molecule has 3 rings (SSSR count). The number of aromatic nitrogens is 2. The summed E-state index contributed by atoms with van der Waals surface area (Å²) >= 11 is 15.6. The number of nitrogens with zero attached hydrogens (tertiary/aromatic N) is 3. The van der Waals surface area contributed by atoms with Gasteiger partial charge >= 0.3 is 5.97 Å². The maximum atomic E-state index is 12.5. The molecule has 1 aromatic carbocycles. The lowest BCUT2D eigenvalue weighted by Crippen LogP contribution is -2.17. The zero-order chi connectivity index (χ0) is 19.6. The van der Waals surface area contributed by atoms with Crippen LogP contribution in [-0.4, -0.2) is 21.9 Å². The van der Waals surface area contributed by atoms with Gasteiger partial charge in [0.25, 0.3) is 0 Å². The Balaban J connectivity index is 1.91. The van der Waals surface area contributed by atoms with E-state index in [1.807, 2.05) is 0 Å². The molecule has 0 saturated heterocycles. The number of nitrogens with two attached hydrogens (primary N) is 1. The Bertz CT molecular complexity index is 1010. The second-order valence-electron chi connectivity index (χ2n) is 5.28. The average molecular weight is 470 g/mol. The first-order chi connectivity index (χ1) is 12.9. The molecule has 0 unspecified atom stereocenters. The van der Waals surface area contributed by atoms with Crippen molar-refractivity contribution in [3.63, 3.8) is 0 Å². The molecule has 7 nitrogen and oxygen atoms in total. The van der Waals surface area contributed by atoms with E-state index < -0.39 is 5.97 Å². The molecule has 138 valence electrons. The van der Waals surface area contributed by atoms with Crippen molar-refractivity contribution in [3.8, 4) is 11.3 Å². The maximum Gasteiger partial charge on any atom is 0.371 e. The van der Waals surface area contributed by atoms with Gasteiger partial charge in [-0.3, -0.25) is 4.98 Å². The molecule has 0 fully saturated rings. The topological polar surface area (TPSA) is 104 Å². The van der Waals surface area contributed by atoms with Crippen LogP contribution in [0.2, 0.25) is 10.0 Å². The summed E-state index contributed by atoms with van der Waals surface area (Å²) in [7, 11) is 0. The molecule has 0 aliphatic carbocycles. The van der Waals surface area contributed by atoms with Crippen LogP contribution >= 0.6 is 39.1 Å². The fourth-order valence-corrected chi connectivity index (χ4v) is 3.03. The fraction of sp³-hybridized carbons (Fsp3) is 0.0588. The summed E-state index contributed by atoms with van der Waals surface area (Å²) in [4.78, 5) is 21.5. The second-order valence-corrected chi connectivity index (χ2v) is 7.01. The van der Waals surface area contributed by atoms with Crippen LogP contribution in [0.5, 0.6) is 0 Å². The number of amidine groups is 1. The number of pyridine rings is 1. The van der Waals surface area contributed by atoms with Gasteiger partial charge in [-0.1, -0.05) is 39.6 Å². The van der Waals surface area contributed by atoms with Crippen LogP contribution in [0.15, 0.2) is 50.7 Å². The predicted molar refractivity (Wildman–Crippen MR) is 105 cm³/mol. The normalized spacial score (nSPS) is 11.5. The Morgan fingerprint density at radius 2 is 1.96 bits per heavy atom. The van der Waals surface area contributed by atoms with Crippen LogP contribution < -0.4 is 5.73 Å². The molecule has 2 N–H and O–H groups in total. The minimum Gasteiger partial charge on any atom is -0.379 e. The molecule has 0 aliphatic heterocycles. The Morgan fingerprint density at radius 3 is 2.59 bits per heavy atom. The summed E-state index contributed by atoms with van der Waals surface area (Å²) in [5.74, 6) is -0.663. The minimum atomic E-state index is -0.820. The summed E-state index contributed by atoms with van der Waals surface area (Å²) in [6.45, 7) is 1.56. The number of carbonyl (C=O) groups is 1. The van der Waals surface area contributed by atoms with Crippen molar-refractivity contribution in [3.05, 3.63) is 68.1 Å². The molecule has 0 amide bonds. The molecule has 0 bridgehead atoms. The molecule has 0 saturated carbocycles. The molecule has 0 atom stereocenters. The van der Waals surface area contributed by atoms with Crippen LogP contribution in [-0.2, 0) is 4.84 Å². The minimum absolute atomic E-state index is 0.0466. The van der Waals surface area contributed by atoms with Crippen molar-refractivity contribution in [2.45, 2.75) is 6.92 Å². The van der Waals surface area contributed by atoms with Crippen molar-refractivity contribution < 1.29 is 14.2 Å². The number of halogens is 3. The zero-order valence-electron chi connectivity index (χ0n) is 13.7. The Morgan fingerprint density at radius 1 is 1.26 bits per heavy atom. The lowest BCUT2D eigenvalue weighted by atomic mass is 10.1. The highest BCUT2D eigenvalue weighted by Gasteiger charge is 2.26. The largest absolute Gasteiger partial charge is 0.379 e. The van der Waals surface area contributed by atoms with E-state index in [1.165, 1.54) is 0 Å². The highest BCUT2D eigenvalue weighted by molar-refractivity contribution is 9.10. The first kappa shape index (κ1) is 19.3. The van der Waals surface area contributed by atoms with Gasteiger partial charge in [-0.2, -0.15) is 0 Å². The van der Waals surface area contributed by atoms with Crippen molar-refractivity contribution in [1.29, 1.82) is 0 Å². The van der Waals surface area contributed by atoms with Gasteiger partial charge in [-0.25, -0.2) is 4.79 Å². The highest BCUT2D eigenvalue weighted by Crippen LogP contribution is 2.36. The molecule has 27 heavy (non-hydrogen) atoms. The number of benzene rings is 1. The van der Waals surface area contributed by atoms with Gasteiger partial charge in [0.1, 0.15) is 22.7 Å². The Labute approximate surface area is 172 Å². The van der Waals surface area contributed by atoms with E-state index in [2.05, 4.69) is 31.2 Å². The van der Waals surface area contributed by atoms with E-state index in [0.29, 0.717) is 21.3 Å². The van der Waals surface area contributed by atoms with Crippen LogP contribution in [0.1, 0.15) is 21.8 Å². The van der Waals surface area contributed by atoms with E-state index in [0.717, 1.165) is 4.47 Å². The third-order valence-electron chi connectivity index (χ3n) is 3.48. The standard InChI is InChI=1S/C17H11BrCl2N4O3/c1-8-13(15(23-26-8)14-10(19)3-2-4-11(14)20)17(25)27-24-16(21)12-6-5-9(18)7-22-12/h2-7H,1H3,(H2,21,24). The van der Waals surface area contributed by atoms with E-state index >= 15 is 0 Å². The van der Waals surface area contributed by atoms with E-state index in [1.54, 1.807) is 43.5 Å². The number of hydrogen-bond donors (Lipinski definition) is 1. The van der Waals surface area contributed by atoms with Crippen molar-refractivity contribution in [2.75, 3.05) is 0 Å². The summed E-state index contributed by atoms with van der Waals surface area (Å²) < 4.78 is 5.90. The maximum absolute atomic E-state index is 12.5. The van der Waals surface area contributed by atoms with Crippen molar-refractivity contribution in [2.24, 2.45) is 10.9 Å². The zero-order valence-corrected chi connectivity index (χ0v) is 16.8. The fourth-order valence-electron chi connectivity index (χ4n) is 2.22. The molecule has 2 heterocycles. The monoisotopic (exact) mass is 468 g/mol. The first-order valence-corrected chi connectivity index (χ1v) is 9.00. The molecular weight excluding hydrogens is 459 g/mol. The third-order valence-corrected chi connectivity index (χ3v) is 4.58. The van der Waals surface area contributed by atoms with Crippen LogP contribution in [0, 0.1) is 6.92 Å². The van der Waals surface area contributed by atoms with Crippen molar-refractivity contribution >= 4 is 50.9 Å². The lowest BCUT2D eigenvalue weighted by Gasteiger charge is -2.05. The quantitative estimate of drug-likeness (QED) is 0.259. The van der Waals surface area contributed by atoms with Gasteiger partial charge in [0.15, 0.2) is 5.84 Å². The third kappa shape index (κ3) is 4.13.